The Morgan fingerprint density at radius 3 is 2.55 bits per heavy atom. The quantitative estimate of drug-likeness (QED) is 0.291. The zero-order valence-corrected chi connectivity index (χ0v) is 18.8. The largest absolute Gasteiger partial charge is 0.464 e. The second kappa shape index (κ2) is 7.40. The van der Waals surface area contributed by atoms with Gasteiger partial charge in [0.05, 0.1) is 11.8 Å². The van der Waals surface area contributed by atoms with Crippen molar-refractivity contribution in [2.45, 2.75) is 18.7 Å². The van der Waals surface area contributed by atoms with Gasteiger partial charge < -0.3 is 4.74 Å². The summed E-state index contributed by atoms with van der Waals surface area (Å²) in [6.45, 7) is 0. The lowest BCUT2D eigenvalue weighted by molar-refractivity contribution is -0.0190. The molecule has 2 atom stereocenters. The first-order valence-electron chi connectivity index (χ1n) is 10.2. The molecule has 152 valence electrons. The van der Waals surface area contributed by atoms with E-state index >= 15 is 0 Å². The first kappa shape index (κ1) is 18.9. The van der Waals surface area contributed by atoms with Crippen molar-refractivity contribution < 1.29 is 4.74 Å². The van der Waals surface area contributed by atoms with Crippen molar-refractivity contribution in [3.05, 3.63) is 111 Å². The van der Waals surface area contributed by atoms with E-state index in [0.29, 0.717) is 5.02 Å². The maximum absolute atomic E-state index is 6.44. The first-order chi connectivity index (χ1) is 15.2. The van der Waals surface area contributed by atoms with Crippen molar-refractivity contribution in [1.82, 2.24) is 5.01 Å². The number of rotatable bonds is 2. The molecule has 0 bridgehead atoms. The Balaban J connectivity index is 1.45. The van der Waals surface area contributed by atoms with Gasteiger partial charge in [-0.15, -0.1) is 0 Å². The van der Waals surface area contributed by atoms with Gasteiger partial charge in [-0.1, -0.05) is 76.1 Å². The molecule has 0 saturated carbocycles. The van der Waals surface area contributed by atoms with E-state index in [9.17, 15) is 0 Å². The molecular weight excluding hydrogens is 472 g/mol. The molecule has 2 aliphatic heterocycles. The summed E-state index contributed by atoms with van der Waals surface area (Å²) in [5.74, 6) is 0.902. The Hall–Kier alpha value is -2.82. The SMILES string of the molecule is Clc1ccc([C@@H]2Oc3ccc(Br)cc3[C@H]3CC(c4ccc5ccccc5c4)=NN32)cc1. The molecule has 0 radical (unpaired) electrons. The highest BCUT2D eigenvalue weighted by Crippen LogP contribution is 2.48. The molecule has 2 aliphatic rings. The lowest BCUT2D eigenvalue weighted by Gasteiger charge is -2.38. The summed E-state index contributed by atoms with van der Waals surface area (Å²) in [5, 5.41) is 10.3. The Morgan fingerprint density at radius 1 is 0.903 bits per heavy atom. The predicted molar refractivity (Wildman–Crippen MR) is 129 cm³/mol. The number of hydrazone groups is 1. The Kier molecular flexibility index (Phi) is 4.51. The van der Waals surface area contributed by atoms with Crippen molar-refractivity contribution in [3.8, 4) is 5.75 Å². The minimum Gasteiger partial charge on any atom is -0.464 e. The predicted octanol–water partition coefficient (Wildman–Crippen LogP) is 7.50. The van der Waals surface area contributed by atoms with Gasteiger partial charge in [-0.05, 0) is 52.7 Å². The summed E-state index contributed by atoms with van der Waals surface area (Å²) in [6, 6.07) is 29.1. The van der Waals surface area contributed by atoms with Crippen LogP contribution in [0.4, 0.5) is 0 Å². The van der Waals surface area contributed by atoms with Crippen LogP contribution in [-0.2, 0) is 0 Å². The Bertz CT molecular complexity index is 1340. The fraction of sp³-hybridized carbons (Fsp3) is 0.115. The fourth-order valence-corrected chi connectivity index (χ4v) is 4.95. The van der Waals surface area contributed by atoms with Gasteiger partial charge in [0.25, 0.3) is 0 Å². The molecule has 0 aliphatic carbocycles. The molecule has 0 spiro atoms. The highest BCUT2D eigenvalue weighted by Gasteiger charge is 2.41. The van der Waals surface area contributed by atoms with Crippen molar-refractivity contribution in [1.29, 1.82) is 0 Å². The highest BCUT2D eigenvalue weighted by atomic mass is 79.9. The first-order valence-corrected chi connectivity index (χ1v) is 11.4. The molecule has 0 saturated heterocycles. The van der Waals surface area contributed by atoms with E-state index in [1.165, 1.54) is 10.8 Å². The van der Waals surface area contributed by atoms with Gasteiger partial charge in [0.15, 0.2) is 0 Å². The summed E-state index contributed by atoms with van der Waals surface area (Å²) in [4.78, 5) is 0. The van der Waals surface area contributed by atoms with Gasteiger partial charge in [0.2, 0.25) is 6.23 Å². The van der Waals surface area contributed by atoms with Crippen molar-refractivity contribution in [3.63, 3.8) is 0 Å². The van der Waals surface area contributed by atoms with E-state index in [4.69, 9.17) is 21.4 Å². The number of hydrogen-bond donors (Lipinski definition) is 0. The lowest BCUT2D eigenvalue weighted by atomic mass is 9.95. The average Bonchev–Trinajstić information content (AvgIpc) is 3.25. The van der Waals surface area contributed by atoms with Gasteiger partial charge in [-0.2, -0.15) is 5.10 Å². The van der Waals surface area contributed by atoms with Crippen molar-refractivity contribution in [2.24, 2.45) is 5.10 Å². The summed E-state index contributed by atoms with van der Waals surface area (Å²) >= 11 is 9.74. The number of benzene rings is 4. The summed E-state index contributed by atoms with van der Waals surface area (Å²) in [7, 11) is 0. The standard InChI is InChI=1S/C26H18BrClN2O/c27-20-9-12-25-22(14-20)24-15-23(19-6-5-16-3-1-2-4-18(16)13-19)29-30(24)26(31-25)17-7-10-21(28)11-8-17/h1-14,24,26H,15H2/t24-,26+/m1/s1. The molecule has 5 heteroatoms. The highest BCUT2D eigenvalue weighted by molar-refractivity contribution is 9.10. The Morgan fingerprint density at radius 2 is 1.71 bits per heavy atom. The number of nitrogens with zero attached hydrogens (tertiary/aromatic N) is 2. The molecule has 3 nitrogen and oxygen atoms in total. The van der Waals surface area contributed by atoms with Crippen LogP contribution in [0.25, 0.3) is 10.8 Å². The molecule has 0 aromatic heterocycles. The molecule has 0 fully saturated rings. The lowest BCUT2D eigenvalue weighted by Crippen LogP contribution is -2.33. The number of fused-ring (bicyclic) bond motifs is 4. The maximum atomic E-state index is 6.44. The molecule has 0 N–H and O–H groups in total. The average molecular weight is 490 g/mol. The zero-order chi connectivity index (χ0) is 20.9. The molecule has 2 heterocycles. The van der Waals surface area contributed by atoms with E-state index in [2.05, 4.69) is 69.5 Å². The molecule has 0 amide bonds. The van der Waals surface area contributed by atoms with Gasteiger partial charge in [0.1, 0.15) is 5.75 Å². The van der Waals surface area contributed by atoms with E-state index in [1.807, 2.05) is 36.4 Å². The van der Waals surface area contributed by atoms with Crippen LogP contribution in [0, 0.1) is 0 Å². The third-order valence-corrected chi connectivity index (χ3v) is 6.73. The minimum absolute atomic E-state index is 0.114. The molecule has 6 rings (SSSR count). The van der Waals surface area contributed by atoms with Crippen LogP contribution in [-0.4, -0.2) is 10.7 Å². The van der Waals surface area contributed by atoms with E-state index in [-0.39, 0.29) is 12.3 Å². The fourth-order valence-electron chi connectivity index (χ4n) is 4.45. The summed E-state index contributed by atoms with van der Waals surface area (Å²) in [5.41, 5.74) is 4.41. The van der Waals surface area contributed by atoms with E-state index < -0.39 is 0 Å². The number of ether oxygens (including phenoxy) is 1. The van der Waals surface area contributed by atoms with Crippen LogP contribution in [0.1, 0.15) is 35.4 Å². The molecule has 4 aromatic rings. The van der Waals surface area contributed by atoms with Gasteiger partial charge >= 0.3 is 0 Å². The van der Waals surface area contributed by atoms with E-state index in [0.717, 1.165) is 39.0 Å². The van der Waals surface area contributed by atoms with Gasteiger partial charge in [0, 0.05) is 27.0 Å². The van der Waals surface area contributed by atoms with Crippen molar-refractivity contribution in [2.75, 3.05) is 0 Å². The third kappa shape index (κ3) is 3.31. The van der Waals surface area contributed by atoms with Crippen molar-refractivity contribution >= 4 is 44.0 Å². The monoisotopic (exact) mass is 488 g/mol. The van der Waals surface area contributed by atoms with Crippen LogP contribution in [0.3, 0.4) is 0 Å². The topological polar surface area (TPSA) is 24.8 Å². The normalized spacial score (nSPS) is 19.5. The summed E-state index contributed by atoms with van der Waals surface area (Å²) < 4.78 is 7.48. The van der Waals surface area contributed by atoms with Crippen LogP contribution >= 0.6 is 27.5 Å². The van der Waals surface area contributed by atoms with Crippen LogP contribution in [0.5, 0.6) is 5.75 Å². The molecule has 31 heavy (non-hydrogen) atoms. The smallest absolute Gasteiger partial charge is 0.213 e. The Labute approximate surface area is 194 Å². The molecule has 0 unspecified atom stereocenters. The zero-order valence-electron chi connectivity index (χ0n) is 16.5. The van der Waals surface area contributed by atoms with E-state index in [1.54, 1.807) is 0 Å². The number of hydrogen-bond acceptors (Lipinski definition) is 3. The van der Waals surface area contributed by atoms with Crippen LogP contribution in [0.15, 0.2) is 94.5 Å². The second-order valence-electron chi connectivity index (χ2n) is 7.91. The summed E-state index contributed by atoms with van der Waals surface area (Å²) in [6.07, 6.45) is 0.531. The third-order valence-electron chi connectivity index (χ3n) is 5.99. The second-order valence-corrected chi connectivity index (χ2v) is 9.26. The minimum atomic E-state index is -0.297. The van der Waals surface area contributed by atoms with Gasteiger partial charge in [-0.25, -0.2) is 5.01 Å². The van der Waals surface area contributed by atoms with Crippen LogP contribution < -0.4 is 4.74 Å². The molecule has 4 aromatic carbocycles. The molecular formula is C26H18BrClN2O. The maximum Gasteiger partial charge on any atom is 0.213 e. The van der Waals surface area contributed by atoms with Gasteiger partial charge in [-0.3, -0.25) is 0 Å². The van der Waals surface area contributed by atoms with Crippen LogP contribution in [0.2, 0.25) is 5.02 Å². The number of halogens is 2.